The van der Waals surface area contributed by atoms with Crippen LogP contribution in [0.5, 0.6) is 0 Å². The lowest BCUT2D eigenvalue weighted by molar-refractivity contribution is -0.121. The van der Waals surface area contributed by atoms with Gasteiger partial charge in [0.05, 0.1) is 0 Å². The van der Waals surface area contributed by atoms with Crippen LogP contribution >= 0.6 is 0 Å². The van der Waals surface area contributed by atoms with Gasteiger partial charge < -0.3 is 10.6 Å². The summed E-state index contributed by atoms with van der Waals surface area (Å²) in [6.07, 6.45) is 2.56. The van der Waals surface area contributed by atoms with Crippen molar-refractivity contribution < 1.29 is 4.79 Å². The number of hydrogen-bond acceptors (Lipinski definition) is 2. The summed E-state index contributed by atoms with van der Waals surface area (Å²) in [7, 11) is 0. The topological polar surface area (TPSA) is 41.1 Å². The van der Waals surface area contributed by atoms with E-state index in [0.717, 1.165) is 6.54 Å². The van der Waals surface area contributed by atoms with Crippen LogP contribution in [0.2, 0.25) is 0 Å². The highest BCUT2D eigenvalue weighted by atomic mass is 16.1. The van der Waals surface area contributed by atoms with Gasteiger partial charge in [-0.25, -0.2) is 0 Å². The number of carbonyl (C=O) groups excluding carboxylic acids is 1. The number of hydrogen-bond donors (Lipinski definition) is 2. The second kappa shape index (κ2) is 7.56. The molecule has 0 saturated carbocycles. The molecule has 0 aliphatic rings. The summed E-state index contributed by atoms with van der Waals surface area (Å²) < 4.78 is 0. The van der Waals surface area contributed by atoms with Crippen molar-refractivity contribution in [3.8, 4) is 0 Å². The minimum absolute atomic E-state index is 0.107. The summed E-state index contributed by atoms with van der Waals surface area (Å²) >= 11 is 0. The lowest BCUT2D eigenvalue weighted by Crippen LogP contribution is -2.33. The molecule has 0 saturated heterocycles. The van der Waals surface area contributed by atoms with E-state index >= 15 is 0 Å². The van der Waals surface area contributed by atoms with Gasteiger partial charge >= 0.3 is 0 Å². The molecule has 3 nitrogen and oxygen atoms in total. The maximum absolute atomic E-state index is 11.3. The first kappa shape index (κ1) is 13.2. The van der Waals surface area contributed by atoms with Crippen LogP contribution in [0.1, 0.15) is 34.1 Å². The number of allylic oxidation sites excluding steroid dienone is 1. The summed E-state index contributed by atoms with van der Waals surface area (Å²) in [5.41, 5.74) is 1.23. The molecule has 82 valence electrons. The Labute approximate surface area is 87.0 Å². The first-order chi connectivity index (χ1) is 6.56. The molecule has 1 unspecified atom stereocenters. The van der Waals surface area contributed by atoms with E-state index in [2.05, 4.69) is 10.6 Å². The quantitative estimate of drug-likeness (QED) is 0.634. The Hall–Kier alpha value is -0.830. The molecule has 0 rings (SSSR count). The third kappa shape index (κ3) is 7.80. The van der Waals surface area contributed by atoms with Gasteiger partial charge in [0.1, 0.15) is 0 Å². The molecule has 0 fully saturated rings. The van der Waals surface area contributed by atoms with E-state index < -0.39 is 0 Å². The normalized spacial score (nSPS) is 12.0. The second-order valence-corrected chi connectivity index (χ2v) is 3.75. The average molecular weight is 198 g/mol. The fourth-order valence-corrected chi connectivity index (χ4v) is 1.14. The Bertz CT molecular complexity index is 195. The zero-order chi connectivity index (χ0) is 11.0. The third-order valence-electron chi connectivity index (χ3n) is 1.85. The molecule has 0 heterocycles. The van der Waals surface area contributed by atoms with Crippen LogP contribution in [0.3, 0.4) is 0 Å². The molecule has 0 bridgehead atoms. The zero-order valence-electron chi connectivity index (χ0n) is 9.68. The molecule has 0 radical (unpaired) electrons. The van der Waals surface area contributed by atoms with Gasteiger partial charge in [0.15, 0.2) is 0 Å². The SMILES string of the molecule is CCNC(C)CC(=O)NCC=C(C)C. The van der Waals surface area contributed by atoms with Crippen LogP contribution in [-0.2, 0) is 4.79 Å². The van der Waals surface area contributed by atoms with Crippen LogP contribution in [0.15, 0.2) is 11.6 Å². The summed E-state index contributed by atoms with van der Waals surface area (Å²) in [4.78, 5) is 11.3. The molecule has 0 aliphatic heterocycles. The molecule has 0 aliphatic carbocycles. The van der Waals surface area contributed by atoms with Crippen LogP contribution in [0.4, 0.5) is 0 Å². The fourth-order valence-electron chi connectivity index (χ4n) is 1.14. The van der Waals surface area contributed by atoms with Crippen LogP contribution in [0, 0.1) is 0 Å². The van der Waals surface area contributed by atoms with E-state index in [1.165, 1.54) is 5.57 Å². The van der Waals surface area contributed by atoms with E-state index in [4.69, 9.17) is 0 Å². The minimum atomic E-state index is 0.107. The summed E-state index contributed by atoms with van der Waals surface area (Å²) in [6.45, 7) is 9.64. The van der Waals surface area contributed by atoms with Gasteiger partial charge in [-0.05, 0) is 27.3 Å². The number of nitrogens with one attached hydrogen (secondary N) is 2. The molecule has 0 aromatic carbocycles. The van der Waals surface area contributed by atoms with Crippen molar-refractivity contribution in [2.75, 3.05) is 13.1 Å². The van der Waals surface area contributed by atoms with Crippen LogP contribution in [0.25, 0.3) is 0 Å². The molecular weight excluding hydrogens is 176 g/mol. The van der Waals surface area contributed by atoms with Crippen molar-refractivity contribution in [3.05, 3.63) is 11.6 Å². The highest BCUT2D eigenvalue weighted by molar-refractivity contribution is 5.76. The average Bonchev–Trinajstić information content (AvgIpc) is 2.03. The fraction of sp³-hybridized carbons (Fsp3) is 0.727. The lowest BCUT2D eigenvalue weighted by atomic mass is 10.2. The molecule has 1 atom stereocenters. The smallest absolute Gasteiger partial charge is 0.221 e. The molecule has 0 aromatic rings. The maximum Gasteiger partial charge on any atom is 0.221 e. The predicted molar refractivity (Wildman–Crippen MR) is 60.2 cm³/mol. The lowest BCUT2D eigenvalue weighted by Gasteiger charge is -2.11. The van der Waals surface area contributed by atoms with Crippen molar-refractivity contribution in [3.63, 3.8) is 0 Å². The first-order valence-corrected chi connectivity index (χ1v) is 5.19. The number of carbonyl (C=O) groups is 1. The van der Waals surface area contributed by atoms with Crippen molar-refractivity contribution in [2.45, 2.75) is 40.2 Å². The van der Waals surface area contributed by atoms with Gasteiger partial charge in [-0.2, -0.15) is 0 Å². The highest BCUT2D eigenvalue weighted by Gasteiger charge is 2.05. The van der Waals surface area contributed by atoms with Gasteiger partial charge in [-0.3, -0.25) is 4.79 Å². The molecule has 0 aromatic heterocycles. The third-order valence-corrected chi connectivity index (χ3v) is 1.85. The Kier molecular flexibility index (Phi) is 7.11. The summed E-state index contributed by atoms with van der Waals surface area (Å²) in [6, 6.07) is 0.256. The van der Waals surface area contributed by atoms with E-state index in [1.807, 2.05) is 33.8 Å². The largest absolute Gasteiger partial charge is 0.353 e. The van der Waals surface area contributed by atoms with Crippen molar-refractivity contribution in [2.24, 2.45) is 0 Å². The molecular formula is C11H22N2O. The van der Waals surface area contributed by atoms with Gasteiger partial charge in [-0.15, -0.1) is 0 Å². The van der Waals surface area contributed by atoms with Crippen LogP contribution in [-0.4, -0.2) is 25.0 Å². The van der Waals surface area contributed by atoms with E-state index in [0.29, 0.717) is 13.0 Å². The Morgan fingerprint density at radius 3 is 2.57 bits per heavy atom. The van der Waals surface area contributed by atoms with Crippen molar-refractivity contribution in [1.82, 2.24) is 10.6 Å². The van der Waals surface area contributed by atoms with Gasteiger partial charge in [0, 0.05) is 19.0 Å². The van der Waals surface area contributed by atoms with Crippen LogP contribution < -0.4 is 10.6 Å². The van der Waals surface area contributed by atoms with E-state index in [-0.39, 0.29) is 11.9 Å². The highest BCUT2D eigenvalue weighted by Crippen LogP contribution is 1.90. The predicted octanol–water partition coefficient (Wildman–Crippen LogP) is 1.46. The van der Waals surface area contributed by atoms with E-state index in [1.54, 1.807) is 0 Å². The number of rotatable bonds is 6. The zero-order valence-corrected chi connectivity index (χ0v) is 9.68. The molecule has 2 N–H and O–H groups in total. The first-order valence-electron chi connectivity index (χ1n) is 5.19. The summed E-state index contributed by atoms with van der Waals surface area (Å²) in [5, 5.41) is 6.05. The van der Waals surface area contributed by atoms with Gasteiger partial charge in [0.25, 0.3) is 0 Å². The molecule has 14 heavy (non-hydrogen) atoms. The Balaban J connectivity index is 3.60. The maximum atomic E-state index is 11.3. The van der Waals surface area contributed by atoms with E-state index in [9.17, 15) is 4.79 Å². The Morgan fingerprint density at radius 1 is 1.43 bits per heavy atom. The molecule has 0 spiro atoms. The van der Waals surface area contributed by atoms with Gasteiger partial charge in [0.2, 0.25) is 5.91 Å². The number of amides is 1. The second-order valence-electron chi connectivity index (χ2n) is 3.75. The Morgan fingerprint density at radius 2 is 2.07 bits per heavy atom. The monoisotopic (exact) mass is 198 g/mol. The van der Waals surface area contributed by atoms with Crippen molar-refractivity contribution in [1.29, 1.82) is 0 Å². The standard InChI is InChI=1S/C11H22N2O/c1-5-12-10(4)8-11(14)13-7-6-9(2)3/h6,10,12H,5,7-8H2,1-4H3,(H,13,14). The van der Waals surface area contributed by atoms with Crippen molar-refractivity contribution >= 4 is 5.91 Å². The molecule has 1 amide bonds. The summed E-state index contributed by atoms with van der Waals surface area (Å²) in [5.74, 6) is 0.107. The van der Waals surface area contributed by atoms with Gasteiger partial charge in [-0.1, -0.05) is 18.6 Å². The molecule has 3 heteroatoms. The minimum Gasteiger partial charge on any atom is -0.353 e.